The molecule has 2 heterocycles. The number of aromatic nitrogens is 2. The third-order valence-electron chi connectivity index (χ3n) is 5.44. The average Bonchev–Trinajstić information content (AvgIpc) is 3.11. The van der Waals surface area contributed by atoms with Crippen molar-refractivity contribution in [2.75, 3.05) is 13.1 Å². The van der Waals surface area contributed by atoms with Gasteiger partial charge in [-0.25, -0.2) is 0 Å². The first-order chi connectivity index (χ1) is 13.2. The first kappa shape index (κ1) is 17.5. The van der Waals surface area contributed by atoms with Crippen LogP contribution in [0.4, 0.5) is 0 Å². The van der Waals surface area contributed by atoms with Crippen molar-refractivity contribution >= 4 is 5.91 Å². The van der Waals surface area contributed by atoms with Crippen LogP contribution in [0.2, 0.25) is 0 Å². The summed E-state index contributed by atoms with van der Waals surface area (Å²) in [6, 6.07) is 22.6. The lowest BCUT2D eigenvalue weighted by Crippen LogP contribution is -2.39. The quantitative estimate of drug-likeness (QED) is 0.701. The predicted octanol–water partition coefficient (Wildman–Crippen LogP) is 4.18. The van der Waals surface area contributed by atoms with Crippen molar-refractivity contribution in [2.24, 2.45) is 13.0 Å². The molecule has 1 fully saturated rings. The number of hydrogen-bond donors (Lipinski definition) is 0. The number of rotatable bonds is 4. The second-order valence-electron chi connectivity index (χ2n) is 7.33. The van der Waals surface area contributed by atoms with Gasteiger partial charge in [0.05, 0.1) is 5.69 Å². The molecule has 0 atom stereocenters. The highest BCUT2D eigenvalue weighted by molar-refractivity contribution is 5.93. The second-order valence-corrected chi connectivity index (χ2v) is 7.33. The van der Waals surface area contributed by atoms with Crippen molar-refractivity contribution in [1.29, 1.82) is 0 Å². The van der Waals surface area contributed by atoms with Crippen LogP contribution in [-0.4, -0.2) is 33.7 Å². The van der Waals surface area contributed by atoms with E-state index in [0.29, 0.717) is 11.6 Å². The molecule has 27 heavy (non-hydrogen) atoms. The first-order valence-electron chi connectivity index (χ1n) is 9.63. The molecule has 4 nitrogen and oxygen atoms in total. The van der Waals surface area contributed by atoms with E-state index in [1.54, 1.807) is 4.68 Å². The Balaban J connectivity index is 1.40. The summed E-state index contributed by atoms with van der Waals surface area (Å²) < 4.78 is 1.71. The molecule has 4 rings (SSSR count). The van der Waals surface area contributed by atoms with Crippen molar-refractivity contribution < 1.29 is 4.79 Å². The van der Waals surface area contributed by atoms with E-state index in [-0.39, 0.29) is 5.91 Å². The molecule has 2 aromatic carbocycles. The van der Waals surface area contributed by atoms with Gasteiger partial charge in [0.1, 0.15) is 5.69 Å². The van der Waals surface area contributed by atoms with E-state index >= 15 is 0 Å². The van der Waals surface area contributed by atoms with Gasteiger partial charge in [-0.15, -0.1) is 0 Å². The number of likely N-dealkylation sites (tertiary alicyclic amines) is 1. The van der Waals surface area contributed by atoms with Crippen LogP contribution in [0.1, 0.15) is 28.9 Å². The zero-order valence-corrected chi connectivity index (χ0v) is 15.7. The number of amides is 1. The summed E-state index contributed by atoms with van der Waals surface area (Å²) in [7, 11) is 1.85. The van der Waals surface area contributed by atoms with Crippen molar-refractivity contribution in [3.8, 4) is 11.3 Å². The highest BCUT2D eigenvalue weighted by atomic mass is 16.2. The monoisotopic (exact) mass is 359 g/mol. The fraction of sp³-hybridized carbons (Fsp3) is 0.304. The predicted molar refractivity (Wildman–Crippen MR) is 107 cm³/mol. The fourth-order valence-electron chi connectivity index (χ4n) is 3.87. The van der Waals surface area contributed by atoms with Gasteiger partial charge < -0.3 is 4.90 Å². The number of benzene rings is 2. The topological polar surface area (TPSA) is 38.1 Å². The van der Waals surface area contributed by atoms with Crippen LogP contribution in [0, 0.1) is 5.92 Å². The van der Waals surface area contributed by atoms with Crippen LogP contribution in [0.15, 0.2) is 66.7 Å². The van der Waals surface area contributed by atoms with Crippen LogP contribution in [0.5, 0.6) is 0 Å². The maximum absolute atomic E-state index is 13.0. The maximum atomic E-state index is 13.0. The van der Waals surface area contributed by atoms with Gasteiger partial charge in [-0.05, 0) is 36.8 Å². The van der Waals surface area contributed by atoms with Crippen molar-refractivity contribution in [3.05, 3.63) is 78.0 Å². The zero-order valence-electron chi connectivity index (χ0n) is 15.7. The fourth-order valence-corrected chi connectivity index (χ4v) is 3.87. The standard InChI is InChI=1S/C23H25N3O/c1-25-22(17-21(24-25)20-10-6-3-7-11-20)23(27)26-14-12-19(13-15-26)16-18-8-4-2-5-9-18/h2-11,17,19H,12-16H2,1H3. The lowest BCUT2D eigenvalue weighted by Gasteiger charge is -2.32. The third kappa shape index (κ3) is 3.95. The molecular weight excluding hydrogens is 334 g/mol. The van der Waals surface area contributed by atoms with Crippen LogP contribution in [0.3, 0.4) is 0 Å². The minimum absolute atomic E-state index is 0.0883. The van der Waals surface area contributed by atoms with E-state index in [0.717, 1.165) is 43.6 Å². The van der Waals surface area contributed by atoms with E-state index in [2.05, 4.69) is 35.4 Å². The molecule has 0 saturated carbocycles. The van der Waals surface area contributed by atoms with Crippen LogP contribution < -0.4 is 0 Å². The molecule has 1 aliphatic rings. The molecular formula is C23H25N3O. The Morgan fingerprint density at radius 1 is 1.00 bits per heavy atom. The lowest BCUT2D eigenvalue weighted by atomic mass is 9.90. The van der Waals surface area contributed by atoms with Gasteiger partial charge in [-0.1, -0.05) is 60.7 Å². The summed E-state index contributed by atoms with van der Waals surface area (Å²) in [6.07, 6.45) is 3.22. The van der Waals surface area contributed by atoms with Gasteiger partial charge in [0, 0.05) is 25.7 Å². The summed E-state index contributed by atoms with van der Waals surface area (Å²) in [5.74, 6) is 0.744. The van der Waals surface area contributed by atoms with Crippen LogP contribution in [0.25, 0.3) is 11.3 Å². The number of aryl methyl sites for hydroxylation is 1. The van der Waals surface area contributed by atoms with Crippen molar-refractivity contribution in [3.63, 3.8) is 0 Å². The smallest absolute Gasteiger partial charge is 0.272 e. The number of piperidine rings is 1. The molecule has 0 aliphatic carbocycles. The van der Waals surface area contributed by atoms with Gasteiger partial charge in [0.2, 0.25) is 0 Å². The second kappa shape index (κ2) is 7.78. The molecule has 0 radical (unpaired) electrons. The molecule has 1 aromatic heterocycles. The highest BCUT2D eigenvalue weighted by Crippen LogP contribution is 2.24. The van der Waals surface area contributed by atoms with E-state index in [4.69, 9.17) is 0 Å². The Labute approximate surface area is 160 Å². The SMILES string of the molecule is Cn1nc(-c2ccccc2)cc1C(=O)N1CCC(Cc2ccccc2)CC1. The molecule has 1 saturated heterocycles. The van der Waals surface area contributed by atoms with Gasteiger partial charge in [-0.3, -0.25) is 9.48 Å². The Kier molecular flexibility index (Phi) is 5.05. The Morgan fingerprint density at radius 2 is 1.63 bits per heavy atom. The number of carbonyl (C=O) groups is 1. The summed E-state index contributed by atoms with van der Waals surface area (Å²) >= 11 is 0. The Hall–Kier alpha value is -2.88. The molecule has 3 aromatic rings. The zero-order chi connectivity index (χ0) is 18.6. The number of hydrogen-bond acceptors (Lipinski definition) is 2. The minimum atomic E-state index is 0.0883. The maximum Gasteiger partial charge on any atom is 0.272 e. The van der Waals surface area contributed by atoms with E-state index in [9.17, 15) is 4.79 Å². The first-order valence-corrected chi connectivity index (χ1v) is 9.63. The summed E-state index contributed by atoms with van der Waals surface area (Å²) in [5.41, 5.74) is 3.94. The van der Waals surface area contributed by atoms with E-state index in [1.165, 1.54) is 5.56 Å². The molecule has 1 aliphatic heterocycles. The highest BCUT2D eigenvalue weighted by Gasteiger charge is 2.26. The van der Waals surface area contributed by atoms with Gasteiger partial charge >= 0.3 is 0 Å². The summed E-state index contributed by atoms with van der Waals surface area (Å²) in [6.45, 7) is 1.64. The Morgan fingerprint density at radius 3 is 2.30 bits per heavy atom. The molecule has 0 spiro atoms. The number of carbonyl (C=O) groups excluding carboxylic acids is 1. The Bertz CT molecular complexity index is 894. The molecule has 4 heteroatoms. The van der Waals surface area contributed by atoms with E-state index < -0.39 is 0 Å². The number of nitrogens with zero attached hydrogens (tertiary/aromatic N) is 3. The summed E-state index contributed by atoms with van der Waals surface area (Å²) in [5, 5.41) is 4.54. The van der Waals surface area contributed by atoms with Crippen LogP contribution >= 0.6 is 0 Å². The molecule has 0 N–H and O–H groups in total. The summed E-state index contributed by atoms with van der Waals surface area (Å²) in [4.78, 5) is 15.0. The van der Waals surface area contributed by atoms with Gasteiger partial charge in [-0.2, -0.15) is 5.10 Å². The normalized spacial score (nSPS) is 15.1. The van der Waals surface area contributed by atoms with E-state index in [1.807, 2.05) is 48.3 Å². The van der Waals surface area contributed by atoms with Crippen LogP contribution in [-0.2, 0) is 13.5 Å². The third-order valence-corrected chi connectivity index (χ3v) is 5.44. The van der Waals surface area contributed by atoms with Gasteiger partial charge in [0.25, 0.3) is 5.91 Å². The lowest BCUT2D eigenvalue weighted by molar-refractivity contribution is 0.0679. The van der Waals surface area contributed by atoms with Gasteiger partial charge in [0.15, 0.2) is 0 Å². The molecule has 0 bridgehead atoms. The molecule has 0 unspecified atom stereocenters. The largest absolute Gasteiger partial charge is 0.337 e. The molecule has 138 valence electrons. The molecule has 1 amide bonds. The van der Waals surface area contributed by atoms with Crippen molar-refractivity contribution in [1.82, 2.24) is 14.7 Å². The minimum Gasteiger partial charge on any atom is -0.337 e. The van der Waals surface area contributed by atoms with Crippen molar-refractivity contribution in [2.45, 2.75) is 19.3 Å². The average molecular weight is 359 g/mol.